The lowest BCUT2D eigenvalue weighted by atomic mass is 9.85. The van der Waals surface area contributed by atoms with E-state index in [1.165, 1.54) is 108 Å². The maximum Gasteiger partial charge on any atom is 0.472 e. The Labute approximate surface area is 393 Å². The summed E-state index contributed by atoms with van der Waals surface area (Å²) in [6.07, 6.45) is 15.0. The molecule has 0 aromatic heterocycles. The SMILES string of the molecule is CCCCCCCCCCCCCCCC(=O)O[C@@H](COP(=O)(O)OC1C(O)[C@H](OP(=O)(O)O)C(O)[C@H](O)[C@@H]1O)CC(=O)OCCCCCCCCCCCCCCCSC(=O)CCC. The van der Waals surface area contributed by atoms with Crippen molar-refractivity contribution in [3.63, 3.8) is 0 Å². The molecule has 0 amide bonds. The van der Waals surface area contributed by atoms with Crippen molar-refractivity contribution in [3.8, 4) is 0 Å². The van der Waals surface area contributed by atoms with Crippen LogP contribution in [0.2, 0.25) is 0 Å². The van der Waals surface area contributed by atoms with Crippen LogP contribution in [0.4, 0.5) is 0 Å². The molecule has 8 atom stereocenters. The number of carbonyl (C=O) groups is 3. The number of aliphatic hydroxyl groups excluding tert-OH is 4. The molecule has 0 bridgehead atoms. The summed E-state index contributed by atoms with van der Waals surface area (Å²) >= 11 is 1.47. The van der Waals surface area contributed by atoms with Gasteiger partial charge in [-0.25, -0.2) is 9.13 Å². The van der Waals surface area contributed by atoms with Gasteiger partial charge in [0, 0.05) is 18.6 Å². The van der Waals surface area contributed by atoms with E-state index >= 15 is 0 Å². The van der Waals surface area contributed by atoms with Gasteiger partial charge >= 0.3 is 27.6 Å². The van der Waals surface area contributed by atoms with Crippen molar-refractivity contribution in [3.05, 3.63) is 0 Å². The highest BCUT2D eigenvalue weighted by molar-refractivity contribution is 8.13. The Bertz CT molecular complexity index is 1340. The van der Waals surface area contributed by atoms with Gasteiger partial charge in [0.05, 0.1) is 19.6 Å². The lowest BCUT2D eigenvalue weighted by Gasteiger charge is -2.43. The van der Waals surface area contributed by atoms with Crippen LogP contribution in [0.3, 0.4) is 0 Å². The van der Waals surface area contributed by atoms with Crippen LogP contribution in [-0.4, -0.2) is 114 Å². The van der Waals surface area contributed by atoms with Crippen molar-refractivity contribution in [1.82, 2.24) is 0 Å². The Balaban J connectivity index is 2.52. The van der Waals surface area contributed by atoms with Crippen molar-refractivity contribution in [2.24, 2.45) is 0 Å². The fourth-order valence-corrected chi connectivity index (χ4v) is 10.1. The van der Waals surface area contributed by atoms with E-state index in [2.05, 4.69) is 11.4 Å². The van der Waals surface area contributed by atoms with Crippen LogP contribution in [-0.2, 0) is 46.6 Å². The molecule has 17 nitrogen and oxygen atoms in total. The minimum Gasteiger partial charge on any atom is -0.466 e. The first-order chi connectivity index (χ1) is 31.0. The van der Waals surface area contributed by atoms with E-state index in [4.69, 9.17) is 18.5 Å². The molecular formula is C45H86O17P2S. The maximum atomic E-state index is 13.0. The Kier molecular flexibility index (Phi) is 36.1. The maximum absolute atomic E-state index is 13.0. The summed E-state index contributed by atoms with van der Waals surface area (Å²) in [5.41, 5.74) is 0. The summed E-state index contributed by atoms with van der Waals surface area (Å²) in [7, 11) is -10.7. The number of unbranched alkanes of at least 4 members (excludes halogenated alkanes) is 24. The molecule has 1 saturated carbocycles. The molecular weight excluding hydrogens is 906 g/mol. The number of ether oxygens (including phenoxy) is 2. The molecule has 20 heteroatoms. The summed E-state index contributed by atoms with van der Waals surface area (Å²) < 4.78 is 49.4. The minimum absolute atomic E-state index is 0.0295. The molecule has 65 heavy (non-hydrogen) atoms. The highest BCUT2D eigenvalue weighted by Crippen LogP contribution is 2.49. The van der Waals surface area contributed by atoms with Crippen LogP contribution in [0.1, 0.15) is 206 Å². The van der Waals surface area contributed by atoms with Crippen molar-refractivity contribution >= 4 is 44.5 Å². The summed E-state index contributed by atoms with van der Waals surface area (Å²) in [4.78, 5) is 66.1. The zero-order valence-electron chi connectivity index (χ0n) is 39.4. The quantitative estimate of drug-likeness (QED) is 0.0171. The highest BCUT2D eigenvalue weighted by atomic mass is 32.2. The summed E-state index contributed by atoms with van der Waals surface area (Å²) in [6, 6.07) is 0. The molecule has 0 aromatic rings. The number of thioether (sulfide) groups is 1. The lowest BCUT2D eigenvalue weighted by molar-refractivity contribution is -0.216. The van der Waals surface area contributed by atoms with Gasteiger partial charge in [0.1, 0.15) is 42.7 Å². The monoisotopic (exact) mass is 993 g/mol. The summed E-state index contributed by atoms with van der Waals surface area (Å²) in [5.74, 6) is -0.479. The third kappa shape index (κ3) is 32.5. The van der Waals surface area contributed by atoms with E-state index < -0.39 is 83.3 Å². The van der Waals surface area contributed by atoms with Gasteiger partial charge in [-0.15, -0.1) is 0 Å². The molecule has 0 heterocycles. The topological polar surface area (TPSA) is 273 Å². The first-order valence-electron chi connectivity index (χ1n) is 24.6. The van der Waals surface area contributed by atoms with Crippen LogP contribution in [0.15, 0.2) is 0 Å². The molecule has 1 rings (SSSR count). The minimum atomic E-state index is -5.37. The smallest absolute Gasteiger partial charge is 0.466 e. The second-order valence-electron chi connectivity index (χ2n) is 17.5. The lowest BCUT2D eigenvalue weighted by Crippen LogP contribution is -2.64. The number of hydrogen-bond donors (Lipinski definition) is 7. The third-order valence-electron chi connectivity index (χ3n) is 11.4. The first kappa shape index (κ1) is 62.0. The number of hydrogen-bond acceptors (Lipinski definition) is 15. The van der Waals surface area contributed by atoms with E-state index in [1.807, 2.05) is 6.92 Å². The molecule has 384 valence electrons. The largest absolute Gasteiger partial charge is 0.472 e. The van der Waals surface area contributed by atoms with Gasteiger partial charge in [0.15, 0.2) is 5.12 Å². The van der Waals surface area contributed by atoms with E-state index in [9.17, 15) is 58.6 Å². The fraction of sp³-hybridized carbons (Fsp3) is 0.933. The van der Waals surface area contributed by atoms with Gasteiger partial charge in [-0.2, -0.15) is 0 Å². The molecule has 0 saturated heterocycles. The molecule has 0 spiro atoms. The van der Waals surface area contributed by atoms with E-state index in [0.717, 1.165) is 70.0 Å². The molecule has 0 aromatic carbocycles. The van der Waals surface area contributed by atoms with Crippen molar-refractivity contribution in [1.29, 1.82) is 0 Å². The van der Waals surface area contributed by atoms with Gasteiger partial charge < -0.3 is 44.6 Å². The van der Waals surface area contributed by atoms with Crippen LogP contribution < -0.4 is 0 Å². The number of phosphoric ester groups is 2. The average molecular weight is 993 g/mol. The predicted octanol–water partition coefficient (Wildman–Crippen LogP) is 8.88. The zero-order chi connectivity index (χ0) is 48.4. The summed E-state index contributed by atoms with van der Waals surface area (Å²) in [5, 5.41) is 41.5. The second kappa shape index (κ2) is 37.9. The molecule has 4 unspecified atom stereocenters. The predicted molar refractivity (Wildman–Crippen MR) is 250 cm³/mol. The molecule has 0 aliphatic heterocycles. The van der Waals surface area contributed by atoms with Crippen LogP contribution in [0.5, 0.6) is 0 Å². The van der Waals surface area contributed by atoms with Crippen LogP contribution in [0.25, 0.3) is 0 Å². The summed E-state index contributed by atoms with van der Waals surface area (Å²) in [6.45, 7) is 3.50. The van der Waals surface area contributed by atoms with E-state index in [0.29, 0.717) is 24.4 Å². The van der Waals surface area contributed by atoms with Crippen molar-refractivity contribution < 1.29 is 81.7 Å². The van der Waals surface area contributed by atoms with Crippen molar-refractivity contribution in [2.75, 3.05) is 19.0 Å². The number of aliphatic hydroxyl groups is 4. The van der Waals surface area contributed by atoms with Crippen molar-refractivity contribution in [2.45, 2.75) is 249 Å². The normalized spacial score (nSPS) is 21.5. The Morgan fingerprint density at radius 3 is 1.45 bits per heavy atom. The Morgan fingerprint density at radius 1 is 0.523 bits per heavy atom. The Hall–Kier alpha value is -0.980. The molecule has 1 fully saturated rings. The highest BCUT2D eigenvalue weighted by Gasteiger charge is 2.54. The molecule has 1 aliphatic rings. The Morgan fingerprint density at radius 2 is 0.969 bits per heavy atom. The van der Waals surface area contributed by atoms with E-state index in [-0.39, 0.29) is 13.0 Å². The molecule has 0 radical (unpaired) electrons. The van der Waals surface area contributed by atoms with Gasteiger partial charge in [0.25, 0.3) is 0 Å². The van der Waals surface area contributed by atoms with Crippen LogP contribution >= 0.6 is 27.4 Å². The molecule has 7 N–H and O–H groups in total. The average Bonchev–Trinajstić information content (AvgIpc) is 3.25. The van der Waals surface area contributed by atoms with Gasteiger partial charge in [-0.3, -0.25) is 28.0 Å². The van der Waals surface area contributed by atoms with E-state index in [1.54, 1.807) is 0 Å². The van der Waals surface area contributed by atoms with Gasteiger partial charge in [-0.1, -0.05) is 173 Å². The standard InChI is InChI=1S/C45H86O17P2S/c1-3-5-6-7-8-9-10-12-15-18-21-24-27-31-37(46)60-36(35-59-64(56,57)62-45-42(51)40(49)41(50)44(43(45)52)61-63(53,54)55)34-38(47)58-32-28-25-22-19-16-13-11-14-17-20-23-26-29-33-65-39(48)30-4-2/h36,40-45,49-52H,3-35H2,1-2H3,(H,56,57)(H2,53,54,55)/t36-,40+,41?,42+,43?,44-,45?/m1/s1. The zero-order valence-corrected chi connectivity index (χ0v) is 42.0. The molecule has 1 aliphatic carbocycles. The third-order valence-corrected chi connectivity index (χ3v) is 14.0. The number of esters is 2. The number of rotatable bonds is 42. The van der Waals surface area contributed by atoms with Crippen LogP contribution in [0, 0.1) is 0 Å². The first-order valence-corrected chi connectivity index (χ1v) is 28.6. The van der Waals surface area contributed by atoms with Gasteiger partial charge in [-0.05, 0) is 25.7 Å². The number of phosphoric acid groups is 2. The second-order valence-corrected chi connectivity index (χ2v) is 21.2. The fourth-order valence-electron chi connectivity index (χ4n) is 7.66. The number of carbonyl (C=O) groups excluding carboxylic acids is 3. The van der Waals surface area contributed by atoms with Gasteiger partial charge in [0.2, 0.25) is 0 Å².